The van der Waals surface area contributed by atoms with Gasteiger partial charge >= 0.3 is 21.1 Å². The fourth-order valence-electron chi connectivity index (χ4n) is 0.647. The number of imidazole rings is 1. The number of rotatable bonds is 1. The first-order valence-electron chi connectivity index (χ1n) is 3.31. The first-order valence-corrected chi connectivity index (χ1v) is 6.04. The maximum atomic E-state index is 8.68. The number of halogens is 1. The molecule has 1 heterocycles. The maximum Gasteiger partial charge on any atom is 0.503 e. The Bertz CT molecular complexity index is 212. The number of aromatic nitrogens is 2. The van der Waals surface area contributed by atoms with E-state index in [-0.39, 0.29) is 0 Å². The summed E-state index contributed by atoms with van der Waals surface area (Å²) in [5.41, 5.74) is 1.14. The second-order valence-corrected chi connectivity index (χ2v) is 3.21. The lowest BCUT2D eigenvalue weighted by molar-refractivity contribution is -1.63. The van der Waals surface area contributed by atoms with Crippen LogP contribution in [0.2, 0.25) is 0 Å². The van der Waals surface area contributed by atoms with E-state index in [1.165, 1.54) is 0 Å². The number of aryl methyl sites for hydroxylation is 2. The van der Waals surface area contributed by atoms with Gasteiger partial charge in [0.05, 0.1) is 0 Å². The molecule has 12 heavy (non-hydrogen) atoms. The fraction of sp³-hybridized carbons (Fsp3) is 0.500. The van der Waals surface area contributed by atoms with Crippen LogP contribution in [0.1, 0.15) is 18.4 Å². The summed E-state index contributed by atoms with van der Waals surface area (Å²) in [5, 5.41) is 0. The molecule has 0 saturated carbocycles. The van der Waals surface area contributed by atoms with E-state index in [0.29, 0.717) is 0 Å². The van der Waals surface area contributed by atoms with Crippen molar-refractivity contribution in [3.63, 3.8) is 0 Å². The Morgan fingerprint density at radius 1 is 1.67 bits per heavy atom. The first-order chi connectivity index (χ1) is 5.56. The molecule has 0 aliphatic carbocycles. The van der Waals surface area contributed by atoms with Gasteiger partial charge in [0.25, 0.3) is 0 Å². The average molecular weight is 286 g/mol. The van der Waals surface area contributed by atoms with Crippen LogP contribution >= 0.6 is 0 Å². The topological polar surface area (TPSA) is 95.0 Å². The van der Waals surface area contributed by atoms with Crippen LogP contribution in [0.4, 0.5) is 0 Å². The molecular weight excluding hydrogens is 275 g/mol. The Balaban J connectivity index is 0.000000261. The number of aromatic amines is 1. The first kappa shape index (κ1) is 11.8. The normalized spacial score (nSPS) is 9.50. The van der Waals surface area contributed by atoms with Crippen LogP contribution in [0.3, 0.4) is 0 Å². The van der Waals surface area contributed by atoms with Crippen LogP contribution in [-0.4, -0.2) is 13.4 Å². The quantitative estimate of drug-likeness (QED) is 0.508. The molecule has 0 radical (unpaired) electrons. The third kappa shape index (κ3) is 6.53. The SMILES string of the molecule is CCc1ncc(C)[nH]1.[O-][I+2]([O-])O. The Hall–Kier alpha value is -0.180. The van der Waals surface area contributed by atoms with Gasteiger partial charge < -0.3 is 11.9 Å². The summed E-state index contributed by atoms with van der Waals surface area (Å²) < 4.78 is 24.5. The van der Waals surface area contributed by atoms with Crippen molar-refractivity contribution in [3.8, 4) is 0 Å². The van der Waals surface area contributed by atoms with Gasteiger partial charge in [-0.15, -0.1) is 0 Å². The highest BCUT2D eigenvalue weighted by Crippen LogP contribution is 1.93. The van der Waals surface area contributed by atoms with Crippen LogP contribution in [-0.2, 0) is 6.42 Å². The largest absolute Gasteiger partial charge is 0.503 e. The lowest BCUT2D eigenvalue weighted by Crippen LogP contribution is -3.98. The van der Waals surface area contributed by atoms with Gasteiger partial charge in [-0.05, 0) is 10.4 Å². The lowest BCUT2D eigenvalue weighted by Gasteiger charge is -1.82. The van der Waals surface area contributed by atoms with Crippen molar-refractivity contribution in [2.75, 3.05) is 0 Å². The van der Waals surface area contributed by atoms with E-state index in [2.05, 4.69) is 16.9 Å². The monoisotopic (exact) mass is 286 g/mol. The van der Waals surface area contributed by atoms with Crippen LogP contribution in [0.5, 0.6) is 0 Å². The predicted octanol–water partition coefficient (Wildman–Crippen LogP) is -4.65. The summed E-state index contributed by atoms with van der Waals surface area (Å²) in [4.78, 5) is 7.19. The van der Waals surface area contributed by atoms with Gasteiger partial charge in [-0.3, -0.25) is 0 Å². The Labute approximate surface area is 79.5 Å². The molecule has 6 heteroatoms. The second kappa shape index (κ2) is 6.35. The van der Waals surface area contributed by atoms with Gasteiger partial charge in [0.15, 0.2) is 0 Å². The molecule has 1 rings (SSSR count). The molecular formula is C6H11IN2O3. The van der Waals surface area contributed by atoms with E-state index >= 15 is 0 Å². The smallest absolute Gasteiger partial charge is 0.396 e. The van der Waals surface area contributed by atoms with E-state index < -0.39 is 21.1 Å². The average Bonchev–Trinajstić information content (AvgIpc) is 2.34. The molecule has 0 aromatic carbocycles. The zero-order chi connectivity index (χ0) is 9.56. The van der Waals surface area contributed by atoms with Gasteiger partial charge in [-0.1, -0.05) is 6.92 Å². The molecule has 0 saturated heterocycles. The summed E-state index contributed by atoms with van der Waals surface area (Å²) in [7, 11) is 0. The summed E-state index contributed by atoms with van der Waals surface area (Å²) in [5.74, 6) is 1.07. The fourth-order valence-corrected chi connectivity index (χ4v) is 0.647. The molecule has 0 amide bonds. The highest BCUT2D eigenvalue weighted by atomic mass is 127. The molecule has 0 aliphatic rings. The van der Waals surface area contributed by atoms with Gasteiger partial charge in [0, 0.05) is 18.3 Å². The molecule has 0 aliphatic heterocycles. The van der Waals surface area contributed by atoms with Crippen LogP contribution in [0.15, 0.2) is 6.20 Å². The minimum atomic E-state index is -3.76. The van der Waals surface area contributed by atoms with E-state index in [0.717, 1.165) is 17.9 Å². The predicted molar refractivity (Wildman–Crippen MR) is 34.9 cm³/mol. The molecule has 1 aromatic rings. The number of hydrogen-bond acceptors (Lipinski definition) is 4. The summed E-state index contributed by atoms with van der Waals surface area (Å²) in [6.07, 6.45) is 2.84. The Kier molecular flexibility index (Phi) is 6.25. The zero-order valence-corrected chi connectivity index (χ0v) is 9.03. The molecule has 0 unspecified atom stereocenters. The second-order valence-electron chi connectivity index (χ2n) is 2.07. The minimum Gasteiger partial charge on any atom is -0.396 e. The van der Waals surface area contributed by atoms with Crippen LogP contribution in [0, 0.1) is 6.92 Å². The molecule has 70 valence electrons. The number of nitrogens with one attached hydrogen (secondary N) is 1. The molecule has 5 nitrogen and oxygen atoms in total. The number of hydrogen-bond donors (Lipinski definition) is 2. The van der Waals surface area contributed by atoms with Crippen molar-refractivity contribution in [3.05, 3.63) is 17.7 Å². The van der Waals surface area contributed by atoms with Gasteiger partial charge in [-0.25, -0.2) is 4.98 Å². The zero-order valence-electron chi connectivity index (χ0n) is 6.87. The van der Waals surface area contributed by atoms with Crippen molar-refractivity contribution in [2.45, 2.75) is 20.3 Å². The molecule has 0 bridgehead atoms. The van der Waals surface area contributed by atoms with Crippen LogP contribution in [0.25, 0.3) is 0 Å². The highest BCUT2D eigenvalue weighted by Gasteiger charge is 1.90. The van der Waals surface area contributed by atoms with Gasteiger partial charge in [-0.2, -0.15) is 0 Å². The number of nitrogens with zero attached hydrogens (tertiary/aromatic N) is 1. The van der Waals surface area contributed by atoms with Gasteiger partial charge in [0.2, 0.25) is 0 Å². The third-order valence-electron chi connectivity index (χ3n) is 1.09. The number of H-pyrrole nitrogens is 1. The van der Waals surface area contributed by atoms with Gasteiger partial charge in [0.1, 0.15) is 5.82 Å². The van der Waals surface area contributed by atoms with Crippen LogP contribution < -0.4 is 27.9 Å². The van der Waals surface area contributed by atoms with Crippen molar-refractivity contribution < 1.29 is 31.4 Å². The van der Waals surface area contributed by atoms with E-state index in [1.807, 2.05) is 13.1 Å². The maximum absolute atomic E-state index is 8.68. The molecule has 1 aromatic heterocycles. The van der Waals surface area contributed by atoms with Crippen molar-refractivity contribution in [2.24, 2.45) is 0 Å². The van der Waals surface area contributed by atoms with E-state index in [9.17, 15) is 0 Å². The minimum absolute atomic E-state index is 0.994. The molecule has 2 N–H and O–H groups in total. The third-order valence-corrected chi connectivity index (χ3v) is 1.09. The summed E-state index contributed by atoms with van der Waals surface area (Å²) in [6.45, 7) is 4.09. The summed E-state index contributed by atoms with van der Waals surface area (Å²) >= 11 is -3.76. The lowest BCUT2D eigenvalue weighted by atomic mass is 10.5. The van der Waals surface area contributed by atoms with Crippen molar-refractivity contribution in [1.82, 2.24) is 9.97 Å². The Morgan fingerprint density at radius 3 is 2.33 bits per heavy atom. The molecule has 0 fully saturated rings. The van der Waals surface area contributed by atoms with Crippen molar-refractivity contribution in [1.29, 1.82) is 0 Å². The molecule has 0 spiro atoms. The summed E-state index contributed by atoms with van der Waals surface area (Å²) in [6, 6.07) is 0. The van der Waals surface area contributed by atoms with E-state index in [4.69, 9.17) is 10.3 Å². The molecule has 0 atom stereocenters. The standard InChI is InChI=1S/C6H10N2.HIO3/c1-3-6-7-4-5(2)8-6;2-1(3)4/h4H,3H2,1-2H3,(H,7,8);2H. The van der Waals surface area contributed by atoms with E-state index in [1.54, 1.807) is 0 Å². The Morgan fingerprint density at radius 2 is 2.17 bits per heavy atom. The van der Waals surface area contributed by atoms with Crippen molar-refractivity contribution >= 4 is 0 Å². The highest BCUT2D eigenvalue weighted by molar-refractivity contribution is 4.97.